The van der Waals surface area contributed by atoms with E-state index in [1.807, 2.05) is 13.0 Å². The molecule has 5 heteroatoms. The summed E-state index contributed by atoms with van der Waals surface area (Å²) in [7, 11) is 0. The van der Waals surface area contributed by atoms with Crippen molar-refractivity contribution in [2.45, 2.75) is 57.0 Å². The molecule has 0 radical (unpaired) electrons. The maximum atomic E-state index is 9.89. The Morgan fingerprint density at radius 3 is 2.74 bits per heavy atom. The molecule has 0 aliphatic carbocycles. The second-order valence-corrected chi connectivity index (χ2v) is 4.87. The van der Waals surface area contributed by atoms with Gasteiger partial charge in [-0.15, -0.1) is 0 Å². The molecule has 0 saturated carbocycles. The van der Waals surface area contributed by atoms with Gasteiger partial charge in [-0.1, -0.05) is 18.6 Å². The first-order chi connectivity index (χ1) is 9.20. The second-order valence-electron chi connectivity index (χ2n) is 4.87. The van der Waals surface area contributed by atoms with E-state index in [0.29, 0.717) is 6.61 Å². The highest BCUT2D eigenvalue weighted by molar-refractivity contribution is 4.87. The average molecular weight is 274 g/mol. The Kier molecular flexibility index (Phi) is 8.25. The van der Waals surface area contributed by atoms with Crippen molar-refractivity contribution in [3.05, 3.63) is 12.2 Å². The van der Waals surface area contributed by atoms with Gasteiger partial charge in [-0.3, -0.25) is 0 Å². The molecule has 0 unspecified atom stereocenters. The van der Waals surface area contributed by atoms with E-state index in [1.165, 1.54) is 0 Å². The molecular formula is C14H26O5. The van der Waals surface area contributed by atoms with Crippen LogP contribution in [0.5, 0.6) is 0 Å². The quantitative estimate of drug-likeness (QED) is 0.447. The molecule has 1 rings (SSSR count). The summed E-state index contributed by atoms with van der Waals surface area (Å²) >= 11 is 0. The standard InChI is InChI=1S/C14H26O5/c1-2-3-4-5-6-7-8-18-14-11(16)10-19-12(9-15)13(14)17/h2-3,11-17H,4-10H2,1H3/b3-2+/t11-,12+,13+,14+/m1/s1. The van der Waals surface area contributed by atoms with Gasteiger partial charge in [-0.25, -0.2) is 0 Å². The highest BCUT2D eigenvalue weighted by Gasteiger charge is 2.38. The second kappa shape index (κ2) is 9.44. The highest BCUT2D eigenvalue weighted by atomic mass is 16.6. The third-order valence-electron chi connectivity index (χ3n) is 3.32. The van der Waals surface area contributed by atoms with Crippen molar-refractivity contribution in [3.63, 3.8) is 0 Å². The Morgan fingerprint density at radius 2 is 2.05 bits per heavy atom. The number of allylic oxidation sites excluding steroid dienone is 2. The van der Waals surface area contributed by atoms with Crippen molar-refractivity contribution in [3.8, 4) is 0 Å². The van der Waals surface area contributed by atoms with Gasteiger partial charge >= 0.3 is 0 Å². The fraction of sp³-hybridized carbons (Fsp3) is 0.857. The molecule has 1 aliphatic rings. The third-order valence-corrected chi connectivity index (χ3v) is 3.32. The molecule has 0 spiro atoms. The molecule has 1 fully saturated rings. The number of rotatable bonds is 8. The lowest BCUT2D eigenvalue weighted by Crippen LogP contribution is -2.55. The van der Waals surface area contributed by atoms with Crippen LogP contribution in [0, 0.1) is 0 Å². The summed E-state index contributed by atoms with van der Waals surface area (Å²) in [5, 5.41) is 28.6. The zero-order chi connectivity index (χ0) is 14.1. The number of unbranched alkanes of at least 4 members (excludes halogenated alkanes) is 3. The first-order valence-corrected chi connectivity index (χ1v) is 7.02. The van der Waals surface area contributed by atoms with E-state index in [4.69, 9.17) is 14.6 Å². The zero-order valence-electron chi connectivity index (χ0n) is 11.6. The van der Waals surface area contributed by atoms with Crippen LogP contribution in [0.15, 0.2) is 12.2 Å². The monoisotopic (exact) mass is 274 g/mol. The first kappa shape index (κ1) is 16.6. The fourth-order valence-electron chi connectivity index (χ4n) is 2.15. The van der Waals surface area contributed by atoms with Crippen LogP contribution in [0.3, 0.4) is 0 Å². The van der Waals surface area contributed by atoms with Gasteiger partial charge < -0.3 is 24.8 Å². The minimum Gasteiger partial charge on any atom is -0.394 e. The maximum Gasteiger partial charge on any atom is 0.114 e. The summed E-state index contributed by atoms with van der Waals surface area (Å²) in [6.07, 6.45) is 5.19. The van der Waals surface area contributed by atoms with Crippen molar-refractivity contribution >= 4 is 0 Å². The summed E-state index contributed by atoms with van der Waals surface area (Å²) in [5.74, 6) is 0. The van der Waals surface area contributed by atoms with Crippen LogP contribution in [0.25, 0.3) is 0 Å². The Labute approximate surface area is 114 Å². The minimum absolute atomic E-state index is 0.0915. The van der Waals surface area contributed by atoms with Crippen LogP contribution in [0.2, 0.25) is 0 Å². The van der Waals surface area contributed by atoms with Crippen LogP contribution in [-0.4, -0.2) is 59.6 Å². The summed E-state index contributed by atoms with van der Waals surface area (Å²) in [5.41, 5.74) is 0. The van der Waals surface area contributed by atoms with Crippen LogP contribution >= 0.6 is 0 Å². The number of ether oxygens (including phenoxy) is 2. The van der Waals surface area contributed by atoms with Crippen LogP contribution < -0.4 is 0 Å². The van der Waals surface area contributed by atoms with E-state index >= 15 is 0 Å². The Balaban J connectivity index is 2.19. The van der Waals surface area contributed by atoms with Crippen molar-refractivity contribution in [2.75, 3.05) is 19.8 Å². The van der Waals surface area contributed by atoms with Gasteiger partial charge in [-0.2, -0.15) is 0 Å². The Bertz CT molecular complexity index is 256. The zero-order valence-corrected chi connectivity index (χ0v) is 11.6. The van der Waals surface area contributed by atoms with Crippen molar-refractivity contribution in [1.29, 1.82) is 0 Å². The molecule has 4 atom stereocenters. The van der Waals surface area contributed by atoms with Crippen molar-refractivity contribution < 1.29 is 24.8 Å². The lowest BCUT2D eigenvalue weighted by molar-refractivity contribution is -0.210. The first-order valence-electron chi connectivity index (χ1n) is 7.02. The van der Waals surface area contributed by atoms with Crippen LogP contribution in [0.1, 0.15) is 32.6 Å². The number of hydrogen-bond donors (Lipinski definition) is 3. The molecule has 0 aromatic carbocycles. The molecule has 19 heavy (non-hydrogen) atoms. The number of aliphatic hydroxyl groups excluding tert-OH is 3. The summed E-state index contributed by atoms with van der Waals surface area (Å²) < 4.78 is 10.7. The average Bonchev–Trinajstić information content (AvgIpc) is 2.41. The highest BCUT2D eigenvalue weighted by Crippen LogP contribution is 2.18. The molecule has 0 aromatic heterocycles. The maximum absolute atomic E-state index is 9.89. The van der Waals surface area contributed by atoms with E-state index in [1.54, 1.807) is 0 Å². The molecule has 0 aromatic rings. The van der Waals surface area contributed by atoms with E-state index in [0.717, 1.165) is 25.7 Å². The van der Waals surface area contributed by atoms with Crippen LogP contribution in [0.4, 0.5) is 0 Å². The van der Waals surface area contributed by atoms with Crippen molar-refractivity contribution in [2.24, 2.45) is 0 Å². The lowest BCUT2D eigenvalue weighted by Gasteiger charge is -2.37. The van der Waals surface area contributed by atoms with Gasteiger partial charge in [-0.05, 0) is 26.2 Å². The molecule has 0 amide bonds. The van der Waals surface area contributed by atoms with E-state index in [-0.39, 0.29) is 13.2 Å². The summed E-state index contributed by atoms with van der Waals surface area (Å²) in [6, 6.07) is 0. The molecule has 3 N–H and O–H groups in total. The smallest absolute Gasteiger partial charge is 0.114 e. The van der Waals surface area contributed by atoms with E-state index in [2.05, 4.69) is 6.08 Å². The minimum atomic E-state index is -0.975. The van der Waals surface area contributed by atoms with Gasteiger partial charge in [0.25, 0.3) is 0 Å². The summed E-state index contributed by atoms with van der Waals surface area (Å²) in [4.78, 5) is 0. The SMILES string of the molecule is C/C=C/CCCCCO[C@@H]1[C@@H](O)[C@H](CO)OC[C@H]1O. The predicted octanol–water partition coefficient (Wildman–Crippen LogP) is 0.621. The molecule has 0 bridgehead atoms. The van der Waals surface area contributed by atoms with Crippen LogP contribution in [-0.2, 0) is 9.47 Å². The molecule has 5 nitrogen and oxygen atoms in total. The van der Waals surface area contributed by atoms with Crippen molar-refractivity contribution in [1.82, 2.24) is 0 Å². The third kappa shape index (κ3) is 5.58. The number of aliphatic hydroxyl groups is 3. The summed E-state index contributed by atoms with van der Waals surface area (Å²) in [6.45, 7) is 2.34. The van der Waals surface area contributed by atoms with E-state index < -0.39 is 24.4 Å². The Morgan fingerprint density at radius 1 is 1.26 bits per heavy atom. The number of hydrogen-bond acceptors (Lipinski definition) is 5. The molecule has 1 aliphatic heterocycles. The molecular weight excluding hydrogens is 248 g/mol. The normalized spacial score (nSPS) is 32.0. The van der Waals surface area contributed by atoms with Gasteiger partial charge in [0, 0.05) is 6.61 Å². The Hall–Kier alpha value is -0.460. The molecule has 1 heterocycles. The fourth-order valence-corrected chi connectivity index (χ4v) is 2.15. The predicted molar refractivity (Wildman–Crippen MR) is 71.9 cm³/mol. The molecule has 112 valence electrons. The molecule has 1 saturated heterocycles. The van der Waals surface area contributed by atoms with Gasteiger partial charge in [0.1, 0.15) is 24.4 Å². The lowest BCUT2D eigenvalue weighted by atomic mass is 10.0. The van der Waals surface area contributed by atoms with Gasteiger partial charge in [0.2, 0.25) is 0 Å². The largest absolute Gasteiger partial charge is 0.394 e. The topological polar surface area (TPSA) is 79.2 Å². The van der Waals surface area contributed by atoms with Gasteiger partial charge in [0.05, 0.1) is 13.2 Å². The van der Waals surface area contributed by atoms with Gasteiger partial charge in [0.15, 0.2) is 0 Å². The van der Waals surface area contributed by atoms with E-state index in [9.17, 15) is 10.2 Å².